The molecule has 0 aromatic heterocycles. The Morgan fingerprint density at radius 1 is 1.80 bits per heavy atom. The molecule has 0 aromatic rings. The summed E-state index contributed by atoms with van der Waals surface area (Å²) in [4.78, 5) is 10.5. The minimum Gasteiger partial charge on any atom is -0.459 e. The molecule has 1 unspecified atom stereocenters. The first kappa shape index (κ1) is 9.72. The van der Waals surface area contributed by atoms with E-state index in [4.69, 9.17) is 16.7 Å². The van der Waals surface area contributed by atoms with Gasteiger partial charge < -0.3 is 9.84 Å². The van der Waals surface area contributed by atoms with Crippen molar-refractivity contribution in [1.82, 2.24) is 0 Å². The van der Waals surface area contributed by atoms with Crippen LogP contribution in [0.3, 0.4) is 0 Å². The first-order valence-electron chi connectivity index (χ1n) is 3.10. The maximum Gasteiger partial charge on any atom is 0.321 e. The van der Waals surface area contributed by atoms with Gasteiger partial charge in [-0.05, 0) is 6.42 Å². The van der Waals surface area contributed by atoms with E-state index in [0.29, 0.717) is 6.42 Å². The van der Waals surface area contributed by atoms with Crippen molar-refractivity contribution in [2.45, 2.75) is 19.4 Å². The van der Waals surface area contributed by atoms with Crippen molar-refractivity contribution < 1.29 is 14.6 Å². The molecular formula is C6H11ClO3. The van der Waals surface area contributed by atoms with E-state index in [1.54, 1.807) is 0 Å². The molecule has 0 saturated carbocycles. The zero-order chi connectivity index (χ0) is 7.98. The summed E-state index contributed by atoms with van der Waals surface area (Å²) >= 11 is 5.15. The van der Waals surface area contributed by atoms with Crippen LogP contribution in [0.2, 0.25) is 0 Å². The molecule has 10 heavy (non-hydrogen) atoms. The van der Waals surface area contributed by atoms with E-state index >= 15 is 0 Å². The maximum absolute atomic E-state index is 10.5. The summed E-state index contributed by atoms with van der Waals surface area (Å²) in [7, 11) is 0. The van der Waals surface area contributed by atoms with Gasteiger partial charge in [-0.25, -0.2) is 0 Å². The number of rotatable bonds is 4. The van der Waals surface area contributed by atoms with Gasteiger partial charge in [0.05, 0.1) is 6.61 Å². The van der Waals surface area contributed by atoms with Crippen molar-refractivity contribution in [3.63, 3.8) is 0 Å². The number of halogens is 1. The summed E-state index contributed by atoms with van der Waals surface area (Å²) < 4.78 is 4.68. The molecule has 0 radical (unpaired) electrons. The lowest BCUT2D eigenvalue weighted by molar-refractivity contribution is -0.148. The Morgan fingerprint density at radius 3 is 2.70 bits per heavy atom. The average molecular weight is 167 g/mol. The third-order valence-electron chi connectivity index (χ3n) is 1.07. The number of alkyl halides is 1. The summed E-state index contributed by atoms with van der Waals surface area (Å²) in [5.74, 6) is -0.640. The molecule has 0 aliphatic heterocycles. The molecule has 0 saturated heterocycles. The minimum absolute atomic E-state index is 0.140. The van der Waals surface area contributed by atoms with Crippen LogP contribution in [-0.4, -0.2) is 29.7 Å². The molecule has 1 atom stereocenters. The van der Waals surface area contributed by atoms with Crippen molar-refractivity contribution in [3.8, 4) is 0 Å². The van der Waals surface area contributed by atoms with Gasteiger partial charge >= 0.3 is 5.97 Å². The van der Waals surface area contributed by atoms with Gasteiger partial charge in [0.25, 0.3) is 0 Å². The van der Waals surface area contributed by atoms with Crippen LogP contribution in [0.25, 0.3) is 0 Å². The summed E-state index contributed by atoms with van der Waals surface area (Å²) in [6, 6.07) is 0. The monoisotopic (exact) mass is 166 g/mol. The topological polar surface area (TPSA) is 46.5 Å². The van der Waals surface area contributed by atoms with Crippen molar-refractivity contribution in [2.75, 3.05) is 12.5 Å². The molecule has 0 aliphatic rings. The van der Waals surface area contributed by atoms with Crippen LogP contribution in [0.4, 0.5) is 0 Å². The lowest BCUT2D eigenvalue weighted by Crippen LogP contribution is -2.21. The Bertz CT molecular complexity index is 101. The number of carbonyl (C=O) groups is 1. The van der Waals surface area contributed by atoms with Crippen LogP contribution in [0.15, 0.2) is 0 Å². The Balaban J connectivity index is 3.52. The van der Waals surface area contributed by atoms with Gasteiger partial charge in [-0.1, -0.05) is 6.92 Å². The van der Waals surface area contributed by atoms with Gasteiger partial charge in [0, 0.05) is 0 Å². The number of aliphatic hydroxyl groups excluding tert-OH is 1. The lowest BCUT2D eigenvalue weighted by Gasteiger charge is -2.11. The normalized spacial score (nSPS) is 12.7. The Morgan fingerprint density at radius 2 is 2.40 bits per heavy atom. The van der Waals surface area contributed by atoms with Crippen molar-refractivity contribution in [2.24, 2.45) is 0 Å². The van der Waals surface area contributed by atoms with Crippen LogP contribution < -0.4 is 0 Å². The highest BCUT2D eigenvalue weighted by molar-refractivity contribution is 6.26. The fourth-order valence-corrected chi connectivity index (χ4v) is 0.530. The summed E-state index contributed by atoms with van der Waals surface area (Å²) in [6.07, 6.45) is 0.213. The molecular weight excluding hydrogens is 156 g/mol. The highest BCUT2D eigenvalue weighted by atomic mass is 35.5. The second-order valence-corrected chi connectivity index (χ2v) is 2.10. The van der Waals surface area contributed by atoms with Crippen molar-refractivity contribution in [1.29, 1.82) is 0 Å². The summed E-state index contributed by atoms with van der Waals surface area (Å²) in [5.41, 5.74) is 0. The second-order valence-electron chi connectivity index (χ2n) is 1.84. The lowest BCUT2D eigenvalue weighted by atomic mass is 10.3. The maximum atomic E-state index is 10.5. The Kier molecular flexibility index (Phi) is 5.35. The highest BCUT2D eigenvalue weighted by Crippen LogP contribution is 1.97. The smallest absolute Gasteiger partial charge is 0.321 e. The molecule has 60 valence electrons. The van der Waals surface area contributed by atoms with Crippen LogP contribution >= 0.6 is 11.6 Å². The van der Waals surface area contributed by atoms with Gasteiger partial charge in [0.2, 0.25) is 0 Å². The van der Waals surface area contributed by atoms with Gasteiger partial charge in [-0.15, -0.1) is 11.6 Å². The van der Waals surface area contributed by atoms with Gasteiger partial charge in [0.15, 0.2) is 0 Å². The highest BCUT2D eigenvalue weighted by Gasteiger charge is 2.08. The van der Waals surface area contributed by atoms with E-state index in [-0.39, 0.29) is 12.5 Å². The molecule has 0 aromatic carbocycles. The number of carbonyl (C=O) groups excluding carboxylic acids is 1. The van der Waals surface area contributed by atoms with Crippen LogP contribution in [0.5, 0.6) is 0 Å². The second kappa shape index (κ2) is 5.50. The largest absolute Gasteiger partial charge is 0.459 e. The predicted molar refractivity (Wildman–Crippen MR) is 38.0 cm³/mol. The SMILES string of the molecule is CCC(CO)OC(=O)CCl. The van der Waals surface area contributed by atoms with Crippen molar-refractivity contribution in [3.05, 3.63) is 0 Å². The van der Waals surface area contributed by atoms with Gasteiger partial charge in [0.1, 0.15) is 12.0 Å². The number of ether oxygens (including phenoxy) is 1. The quantitative estimate of drug-likeness (QED) is 0.490. The Labute approximate surface area is 64.9 Å². The van der Waals surface area contributed by atoms with Crippen LogP contribution in [0.1, 0.15) is 13.3 Å². The van der Waals surface area contributed by atoms with E-state index in [9.17, 15) is 4.79 Å². The zero-order valence-corrected chi connectivity index (χ0v) is 6.60. The van der Waals surface area contributed by atoms with Crippen LogP contribution in [0, 0.1) is 0 Å². The summed E-state index contributed by atoms with van der Waals surface area (Å²) in [5, 5.41) is 8.55. The molecule has 0 amide bonds. The molecule has 0 spiro atoms. The molecule has 0 bridgehead atoms. The van der Waals surface area contributed by atoms with E-state index in [1.165, 1.54) is 0 Å². The average Bonchev–Trinajstić information content (AvgIpc) is 1.99. The molecule has 0 aliphatic carbocycles. The fourth-order valence-electron chi connectivity index (χ4n) is 0.467. The molecule has 0 heterocycles. The number of aliphatic hydroxyl groups is 1. The molecule has 0 rings (SSSR count). The van der Waals surface area contributed by atoms with E-state index in [2.05, 4.69) is 4.74 Å². The number of hydrogen-bond donors (Lipinski definition) is 1. The third-order valence-corrected chi connectivity index (χ3v) is 1.28. The third kappa shape index (κ3) is 3.69. The number of esters is 1. The molecule has 1 N–H and O–H groups in total. The zero-order valence-electron chi connectivity index (χ0n) is 5.84. The van der Waals surface area contributed by atoms with E-state index in [1.807, 2.05) is 6.92 Å². The predicted octanol–water partition coefficient (Wildman–Crippen LogP) is 0.539. The standard InChI is InChI=1S/C6H11ClO3/c1-2-5(4-8)10-6(9)3-7/h5,8H,2-4H2,1H3. The minimum atomic E-state index is -0.484. The first-order valence-corrected chi connectivity index (χ1v) is 3.64. The van der Waals surface area contributed by atoms with E-state index < -0.39 is 12.1 Å². The summed E-state index contributed by atoms with van der Waals surface area (Å²) in [6.45, 7) is 1.68. The van der Waals surface area contributed by atoms with E-state index in [0.717, 1.165) is 0 Å². The first-order chi connectivity index (χ1) is 4.74. The van der Waals surface area contributed by atoms with Crippen LogP contribution in [-0.2, 0) is 9.53 Å². The van der Waals surface area contributed by atoms with Crippen molar-refractivity contribution >= 4 is 17.6 Å². The molecule has 4 heteroatoms. The molecule has 3 nitrogen and oxygen atoms in total. The number of hydrogen-bond acceptors (Lipinski definition) is 3. The van der Waals surface area contributed by atoms with Gasteiger partial charge in [-0.3, -0.25) is 4.79 Å². The Hall–Kier alpha value is -0.280. The van der Waals surface area contributed by atoms with Gasteiger partial charge in [-0.2, -0.15) is 0 Å². The molecule has 0 fully saturated rings. The fraction of sp³-hybridized carbons (Fsp3) is 0.833.